The third-order valence-electron chi connectivity index (χ3n) is 4.53. The van der Waals surface area contributed by atoms with Gasteiger partial charge in [0, 0.05) is 19.6 Å². The van der Waals surface area contributed by atoms with Gasteiger partial charge in [-0.25, -0.2) is 0 Å². The third kappa shape index (κ3) is 12.8. The molecule has 1 rings (SSSR count). The summed E-state index contributed by atoms with van der Waals surface area (Å²) in [4.78, 5) is 11.7. The van der Waals surface area contributed by atoms with Gasteiger partial charge in [-0.05, 0) is 38.5 Å². The molecule has 0 atom stereocenters. The fourth-order valence-corrected chi connectivity index (χ4v) is 3.05. The summed E-state index contributed by atoms with van der Waals surface area (Å²) in [5.41, 5.74) is 0. The van der Waals surface area contributed by atoms with Crippen LogP contribution in [0.25, 0.3) is 0 Å². The first-order valence-corrected chi connectivity index (χ1v) is 10.2. The van der Waals surface area contributed by atoms with Gasteiger partial charge >= 0.3 is 5.97 Å². The highest BCUT2D eigenvalue weighted by atomic mass is 16.5. The Labute approximate surface area is 148 Å². The van der Waals surface area contributed by atoms with E-state index in [4.69, 9.17) is 14.2 Å². The maximum absolute atomic E-state index is 11.7. The smallest absolute Gasteiger partial charge is 0.306 e. The molecule has 0 aromatic heterocycles. The van der Waals surface area contributed by atoms with E-state index in [9.17, 15) is 4.79 Å². The van der Waals surface area contributed by atoms with Crippen LogP contribution in [0.3, 0.4) is 0 Å². The van der Waals surface area contributed by atoms with E-state index in [1.165, 1.54) is 51.4 Å². The van der Waals surface area contributed by atoms with E-state index in [1.807, 2.05) is 0 Å². The molecule has 0 saturated heterocycles. The predicted molar refractivity (Wildman–Crippen MR) is 97.2 cm³/mol. The second-order valence-electron chi connectivity index (χ2n) is 6.85. The van der Waals surface area contributed by atoms with Crippen molar-refractivity contribution in [3.63, 3.8) is 0 Å². The van der Waals surface area contributed by atoms with Crippen molar-refractivity contribution < 1.29 is 19.0 Å². The average molecular weight is 343 g/mol. The number of rotatable bonds is 15. The summed E-state index contributed by atoms with van der Waals surface area (Å²) in [5.74, 6) is -0.0650. The molecule has 4 heteroatoms. The van der Waals surface area contributed by atoms with Gasteiger partial charge in [0.1, 0.15) is 6.10 Å². The zero-order valence-electron chi connectivity index (χ0n) is 15.7. The van der Waals surface area contributed by atoms with Crippen molar-refractivity contribution in [1.82, 2.24) is 0 Å². The van der Waals surface area contributed by atoms with Gasteiger partial charge in [-0.2, -0.15) is 0 Å². The lowest BCUT2D eigenvalue weighted by atomic mass is 9.98. The zero-order chi connectivity index (χ0) is 17.3. The molecule has 0 aromatic rings. The number of carbonyl (C=O) groups excluding carboxylic acids is 1. The maximum atomic E-state index is 11.7. The lowest BCUT2D eigenvalue weighted by Crippen LogP contribution is -2.21. The summed E-state index contributed by atoms with van der Waals surface area (Å²) >= 11 is 0. The lowest BCUT2D eigenvalue weighted by Gasteiger charge is -2.21. The zero-order valence-corrected chi connectivity index (χ0v) is 15.7. The van der Waals surface area contributed by atoms with Gasteiger partial charge < -0.3 is 14.2 Å². The molecule has 142 valence electrons. The molecule has 0 bridgehead atoms. The second-order valence-corrected chi connectivity index (χ2v) is 6.85. The Kier molecular flexibility index (Phi) is 14.2. The van der Waals surface area contributed by atoms with Crippen LogP contribution in [0, 0.1) is 0 Å². The Hall–Kier alpha value is -0.610. The van der Waals surface area contributed by atoms with E-state index in [0.717, 1.165) is 32.3 Å². The van der Waals surface area contributed by atoms with Gasteiger partial charge in [0.2, 0.25) is 0 Å². The van der Waals surface area contributed by atoms with Gasteiger partial charge in [0.05, 0.1) is 13.2 Å². The number of carbonyl (C=O) groups is 1. The van der Waals surface area contributed by atoms with Crippen LogP contribution in [0.15, 0.2) is 0 Å². The number of esters is 1. The molecule has 1 aliphatic rings. The van der Waals surface area contributed by atoms with Crippen LogP contribution in [0.5, 0.6) is 0 Å². The van der Waals surface area contributed by atoms with E-state index in [-0.39, 0.29) is 12.1 Å². The fraction of sp³-hybridized carbons (Fsp3) is 0.950. The van der Waals surface area contributed by atoms with Crippen molar-refractivity contribution in [3.8, 4) is 0 Å². The quantitative estimate of drug-likeness (QED) is 0.309. The minimum atomic E-state index is -0.0650. The van der Waals surface area contributed by atoms with Crippen molar-refractivity contribution in [2.75, 3.05) is 26.4 Å². The maximum Gasteiger partial charge on any atom is 0.306 e. The van der Waals surface area contributed by atoms with Gasteiger partial charge in [-0.1, -0.05) is 45.4 Å². The van der Waals surface area contributed by atoms with E-state index in [1.54, 1.807) is 0 Å². The third-order valence-corrected chi connectivity index (χ3v) is 4.53. The normalized spacial score (nSPS) is 15.5. The van der Waals surface area contributed by atoms with Crippen LogP contribution in [-0.2, 0) is 19.0 Å². The largest absolute Gasteiger partial charge is 0.462 e. The summed E-state index contributed by atoms with van der Waals surface area (Å²) in [6.07, 6.45) is 14.9. The molecule has 0 N–H and O–H groups in total. The van der Waals surface area contributed by atoms with Crippen molar-refractivity contribution in [3.05, 3.63) is 0 Å². The van der Waals surface area contributed by atoms with Gasteiger partial charge in [-0.3, -0.25) is 4.79 Å². The Morgan fingerprint density at radius 3 is 2.12 bits per heavy atom. The second kappa shape index (κ2) is 15.9. The van der Waals surface area contributed by atoms with E-state index < -0.39 is 0 Å². The highest BCUT2D eigenvalue weighted by Gasteiger charge is 2.17. The van der Waals surface area contributed by atoms with Crippen LogP contribution < -0.4 is 0 Å². The molecule has 0 aliphatic heterocycles. The minimum absolute atomic E-state index is 0.0650. The highest BCUT2D eigenvalue weighted by Crippen LogP contribution is 2.20. The van der Waals surface area contributed by atoms with Crippen molar-refractivity contribution in [2.24, 2.45) is 0 Å². The molecule has 0 radical (unpaired) electrons. The first-order valence-electron chi connectivity index (χ1n) is 10.2. The van der Waals surface area contributed by atoms with Crippen LogP contribution in [0.4, 0.5) is 0 Å². The average Bonchev–Trinajstić information content (AvgIpc) is 2.60. The number of hydrogen-bond acceptors (Lipinski definition) is 4. The molecule has 0 aromatic carbocycles. The van der Waals surface area contributed by atoms with Gasteiger partial charge in [0.15, 0.2) is 0 Å². The molecule has 0 heterocycles. The molecule has 1 fully saturated rings. The standard InChI is InChI=1S/C20H38O4/c1-2-3-4-5-6-10-15-22-17-18-23-16-11-14-20(21)24-19-12-8-7-9-13-19/h19H,2-18H2,1H3. The first kappa shape index (κ1) is 21.4. The van der Waals surface area contributed by atoms with Gasteiger partial charge in [0.25, 0.3) is 0 Å². The summed E-state index contributed by atoms with van der Waals surface area (Å²) < 4.78 is 16.5. The van der Waals surface area contributed by atoms with Gasteiger partial charge in [-0.15, -0.1) is 0 Å². The van der Waals surface area contributed by atoms with Crippen LogP contribution in [0.1, 0.15) is 90.4 Å². The number of unbranched alkanes of at least 4 members (excludes halogenated alkanes) is 5. The Morgan fingerprint density at radius 2 is 1.42 bits per heavy atom. The van der Waals surface area contributed by atoms with E-state index in [0.29, 0.717) is 26.2 Å². The fourth-order valence-electron chi connectivity index (χ4n) is 3.05. The molecule has 1 aliphatic carbocycles. The molecule has 0 spiro atoms. The summed E-state index contributed by atoms with van der Waals surface area (Å²) in [7, 11) is 0. The molecule has 0 unspecified atom stereocenters. The van der Waals surface area contributed by atoms with Crippen molar-refractivity contribution in [2.45, 2.75) is 96.5 Å². The van der Waals surface area contributed by atoms with E-state index >= 15 is 0 Å². The molecule has 1 saturated carbocycles. The molecule has 4 nitrogen and oxygen atoms in total. The highest BCUT2D eigenvalue weighted by molar-refractivity contribution is 5.69. The van der Waals surface area contributed by atoms with E-state index in [2.05, 4.69) is 6.92 Å². The Morgan fingerprint density at radius 1 is 0.792 bits per heavy atom. The number of ether oxygens (including phenoxy) is 3. The van der Waals surface area contributed by atoms with Crippen LogP contribution >= 0.6 is 0 Å². The Bertz CT molecular complexity index is 287. The van der Waals surface area contributed by atoms with Crippen LogP contribution in [-0.4, -0.2) is 38.5 Å². The molecule has 0 amide bonds. The topological polar surface area (TPSA) is 44.8 Å². The first-order chi connectivity index (χ1) is 11.8. The Balaban J connectivity index is 1.76. The van der Waals surface area contributed by atoms with Crippen LogP contribution in [0.2, 0.25) is 0 Å². The van der Waals surface area contributed by atoms with Crippen molar-refractivity contribution >= 4 is 5.97 Å². The number of hydrogen-bond donors (Lipinski definition) is 0. The summed E-state index contributed by atoms with van der Waals surface area (Å²) in [5, 5.41) is 0. The SMILES string of the molecule is CCCCCCCCOCCOCCCC(=O)OC1CCCCC1. The molecule has 24 heavy (non-hydrogen) atoms. The van der Waals surface area contributed by atoms with Crippen molar-refractivity contribution in [1.29, 1.82) is 0 Å². The monoisotopic (exact) mass is 342 g/mol. The molecular formula is C20H38O4. The summed E-state index contributed by atoms with van der Waals surface area (Å²) in [6, 6.07) is 0. The minimum Gasteiger partial charge on any atom is -0.462 e. The lowest BCUT2D eigenvalue weighted by molar-refractivity contribution is -0.150. The summed E-state index contributed by atoms with van der Waals surface area (Å²) in [6.45, 7) is 4.96. The molecular weight excluding hydrogens is 304 g/mol. The predicted octanol–water partition coefficient (Wildman–Crippen LogP) is 5.04.